The first-order chi connectivity index (χ1) is 10.8. The number of amides is 1. The second-order valence-electron chi connectivity index (χ2n) is 4.76. The van der Waals surface area contributed by atoms with Gasteiger partial charge in [0.1, 0.15) is 0 Å². The van der Waals surface area contributed by atoms with Crippen molar-refractivity contribution in [1.82, 2.24) is 4.98 Å². The van der Waals surface area contributed by atoms with Crippen LogP contribution in [0.4, 0.5) is 24.0 Å². The van der Waals surface area contributed by atoms with Crippen LogP contribution >= 0.6 is 11.3 Å². The Morgan fingerprint density at radius 1 is 1.13 bits per heavy atom. The van der Waals surface area contributed by atoms with E-state index in [1.165, 1.54) is 23.5 Å². The van der Waals surface area contributed by atoms with Crippen molar-refractivity contribution in [3.8, 4) is 0 Å². The highest BCUT2D eigenvalue weighted by molar-refractivity contribution is 7.22. The van der Waals surface area contributed by atoms with E-state index in [9.17, 15) is 18.0 Å². The van der Waals surface area contributed by atoms with E-state index in [4.69, 9.17) is 5.73 Å². The number of alkyl halides is 3. The molecule has 0 atom stereocenters. The predicted octanol–water partition coefficient (Wildman–Crippen LogP) is 4.15. The molecule has 3 rings (SSSR count). The Morgan fingerprint density at radius 2 is 1.83 bits per heavy atom. The predicted molar refractivity (Wildman–Crippen MR) is 83.4 cm³/mol. The number of nitrogens with one attached hydrogen (secondary N) is 1. The summed E-state index contributed by atoms with van der Waals surface area (Å²) in [6.45, 7) is 0. The number of nitrogens with two attached hydrogens (primary N) is 1. The SMILES string of the molecule is Nc1nc2ccc(C(=O)Nc3ccc(C(F)(F)F)cc3)cc2s1. The fourth-order valence-electron chi connectivity index (χ4n) is 2.03. The number of aromatic nitrogens is 1. The summed E-state index contributed by atoms with van der Waals surface area (Å²) in [5.74, 6) is -0.418. The van der Waals surface area contributed by atoms with Crippen LogP contribution < -0.4 is 11.1 Å². The normalized spacial score (nSPS) is 11.6. The summed E-state index contributed by atoms with van der Waals surface area (Å²) in [6.07, 6.45) is -4.40. The molecule has 3 aromatic rings. The lowest BCUT2D eigenvalue weighted by molar-refractivity contribution is -0.137. The zero-order valence-electron chi connectivity index (χ0n) is 11.5. The van der Waals surface area contributed by atoms with Crippen LogP contribution in [0, 0.1) is 0 Å². The summed E-state index contributed by atoms with van der Waals surface area (Å²) in [6, 6.07) is 9.16. The van der Waals surface area contributed by atoms with Gasteiger partial charge in [-0.25, -0.2) is 4.98 Å². The third kappa shape index (κ3) is 3.26. The number of hydrogen-bond acceptors (Lipinski definition) is 4. The van der Waals surface area contributed by atoms with Crippen LogP contribution in [0.25, 0.3) is 10.2 Å². The lowest BCUT2D eigenvalue weighted by Gasteiger charge is -2.09. The number of hydrogen-bond donors (Lipinski definition) is 2. The molecule has 4 nitrogen and oxygen atoms in total. The average molecular weight is 337 g/mol. The molecule has 0 fully saturated rings. The third-order valence-corrected chi connectivity index (χ3v) is 3.98. The second-order valence-corrected chi connectivity index (χ2v) is 5.83. The Morgan fingerprint density at radius 3 is 2.48 bits per heavy atom. The minimum absolute atomic E-state index is 0.284. The Hall–Kier alpha value is -2.61. The van der Waals surface area contributed by atoms with Crippen LogP contribution in [-0.4, -0.2) is 10.9 Å². The van der Waals surface area contributed by atoms with Crippen molar-refractivity contribution in [1.29, 1.82) is 0 Å². The number of carbonyl (C=O) groups excluding carboxylic acids is 1. The fourth-order valence-corrected chi connectivity index (χ4v) is 2.80. The highest BCUT2D eigenvalue weighted by atomic mass is 32.1. The number of anilines is 2. The van der Waals surface area contributed by atoms with Gasteiger partial charge < -0.3 is 11.1 Å². The Kier molecular flexibility index (Phi) is 3.69. The molecular formula is C15H10F3N3OS. The monoisotopic (exact) mass is 337 g/mol. The lowest BCUT2D eigenvalue weighted by Crippen LogP contribution is -2.12. The summed E-state index contributed by atoms with van der Waals surface area (Å²) in [5.41, 5.74) is 6.19. The molecule has 0 unspecified atom stereocenters. The molecule has 0 aliphatic carbocycles. The molecule has 3 N–H and O–H groups in total. The molecular weight excluding hydrogens is 327 g/mol. The van der Waals surface area contributed by atoms with E-state index in [2.05, 4.69) is 10.3 Å². The molecule has 0 radical (unpaired) electrons. The van der Waals surface area contributed by atoms with Crippen LogP contribution in [0.5, 0.6) is 0 Å². The fraction of sp³-hybridized carbons (Fsp3) is 0.0667. The quantitative estimate of drug-likeness (QED) is 0.738. The number of nitrogen functional groups attached to an aromatic ring is 1. The Bertz CT molecular complexity index is 872. The van der Waals surface area contributed by atoms with Crippen LogP contribution in [-0.2, 0) is 6.18 Å². The number of benzene rings is 2. The molecule has 118 valence electrons. The molecule has 1 heterocycles. The molecule has 0 aliphatic heterocycles. The van der Waals surface area contributed by atoms with Gasteiger partial charge in [0, 0.05) is 11.3 Å². The standard InChI is InChI=1S/C15H10F3N3OS/c16-15(17,18)9-2-4-10(5-3-9)20-13(22)8-1-6-11-12(7-8)23-14(19)21-11/h1-7H,(H2,19,21)(H,20,22). The molecule has 23 heavy (non-hydrogen) atoms. The number of nitrogens with zero attached hydrogens (tertiary/aromatic N) is 1. The van der Waals surface area contributed by atoms with E-state index < -0.39 is 17.6 Å². The summed E-state index contributed by atoms with van der Waals surface area (Å²) in [7, 11) is 0. The molecule has 0 saturated heterocycles. The van der Waals surface area contributed by atoms with E-state index in [1.54, 1.807) is 18.2 Å². The lowest BCUT2D eigenvalue weighted by atomic mass is 10.1. The topological polar surface area (TPSA) is 68.0 Å². The summed E-state index contributed by atoms with van der Waals surface area (Å²) < 4.78 is 38.3. The van der Waals surface area contributed by atoms with Gasteiger partial charge in [0.25, 0.3) is 5.91 Å². The van der Waals surface area contributed by atoms with Gasteiger partial charge in [-0.15, -0.1) is 0 Å². The third-order valence-electron chi connectivity index (χ3n) is 3.14. The van der Waals surface area contributed by atoms with Crippen molar-refractivity contribution in [2.24, 2.45) is 0 Å². The van der Waals surface area contributed by atoms with Gasteiger partial charge in [-0.05, 0) is 42.5 Å². The molecule has 0 bridgehead atoms. The minimum atomic E-state index is -4.40. The number of carbonyl (C=O) groups is 1. The highest BCUT2D eigenvalue weighted by Gasteiger charge is 2.30. The molecule has 0 saturated carbocycles. The highest BCUT2D eigenvalue weighted by Crippen LogP contribution is 2.30. The smallest absolute Gasteiger partial charge is 0.375 e. The average Bonchev–Trinajstić information content (AvgIpc) is 2.85. The van der Waals surface area contributed by atoms with E-state index in [0.29, 0.717) is 16.2 Å². The molecule has 2 aromatic carbocycles. The van der Waals surface area contributed by atoms with E-state index in [1.807, 2.05) is 0 Å². The van der Waals surface area contributed by atoms with Crippen molar-refractivity contribution in [2.45, 2.75) is 6.18 Å². The zero-order valence-corrected chi connectivity index (χ0v) is 12.3. The van der Waals surface area contributed by atoms with E-state index in [0.717, 1.165) is 16.8 Å². The first-order valence-electron chi connectivity index (χ1n) is 6.47. The molecule has 1 aromatic heterocycles. The van der Waals surface area contributed by atoms with Gasteiger partial charge in [-0.2, -0.15) is 13.2 Å². The van der Waals surface area contributed by atoms with Crippen molar-refractivity contribution in [3.63, 3.8) is 0 Å². The molecule has 1 amide bonds. The summed E-state index contributed by atoms with van der Waals surface area (Å²) >= 11 is 1.26. The number of fused-ring (bicyclic) bond motifs is 1. The summed E-state index contributed by atoms with van der Waals surface area (Å²) in [4.78, 5) is 16.3. The molecule has 8 heteroatoms. The van der Waals surface area contributed by atoms with Gasteiger partial charge in [-0.1, -0.05) is 11.3 Å². The maximum Gasteiger partial charge on any atom is 0.416 e. The summed E-state index contributed by atoms with van der Waals surface area (Å²) in [5, 5.41) is 2.96. The van der Waals surface area contributed by atoms with Gasteiger partial charge in [-0.3, -0.25) is 4.79 Å². The van der Waals surface area contributed by atoms with Crippen molar-refractivity contribution < 1.29 is 18.0 Å². The van der Waals surface area contributed by atoms with Crippen molar-refractivity contribution in [2.75, 3.05) is 11.1 Å². The van der Waals surface area contributed by atoms with Crippen LogP contribution in [0.3, 0.4) is 0 Å². The van der Waals surface area contributed by atoms with Crippen molar-refractivity contribution >= 4 is 38.3 Å². The van der Waals surface area contributed by atoms with Gasteiger partial charge >= 0.3 is 6.18 Å². The number of halogens is 3. The Balaban J connectivity index is 1.79. The largest absolute Gasteiger partial charge is 0.416 e. The molecule has 0 spiro atoms. The van der Waals surface area contributed by atoms with Gasteiger partial charge in [0.05, 0.1) is 15.8 Å². The maximum atomic E-state index is 12.5. The maximum absolute atomic E-state index is 12.5. The zero-order chi connectivity index (χ0) is 16.6. The first-order valence-corrected chi connectivity index (χ1v) is 7.29. The van der Waals surface area contributed by atoms with Crippen molar-refractivity contribution in [3.05, 3.63) is 53.6 Å². The van der Waals surface area contributed by atoms with E-state index in [-0.39, 0.29) is 5.69 Å². The second kappa shape index (κ2) is 5.54. The van der Waals surface area contributed by atoms with Gasteiger partial charge in [0.15, 0.2) is 5.13 Å². The van der Waals surface area contributed by atoms with E-state index >= 15 is 0 Å². The van der Waals surface area contributed by atoms with Crippen LogP contribution in [0.2, 0.25) is 0 Å². The van der Waals surface area contributed by atoms with Gasteiger partial charge in [0.2, 0.25) is 0 Å². The van der Waals surface area contributed by atoms with Crippen LogP contribution in [0.1, 0.15) is 15.9 Å². The molecule has 0 aliphatic rings. The minimum Gasteiger partial charge on any atom is -0.375 e. The first kappa shape index (κ1) is 15.3. The number of rotatable bonds is 2. The van der Waals surface area contributed by atoms with Crippen LogP contribution in [0.15, 0.2) is 42.5 Å². The number of thiazole rings is 1. The Labute approximate surface area is 132 Å².